The van der Waals surface area contributed by atoms with E-state index in [1.54, 1.807) is 32.6 Å². The minimum absolute atomic E-state index is 0.0950. The van der Waals surface area contributed by atoms with Crippen LogP contribution >= 0.6 is 11.6 Å². The molecule has 0 bridgehead atoms. The molecule has 2 fully saturated rings. The van der Waals surface area contributed by atoms with Crippen LogP contribution in [0, 0.1) is 5.82 Å². The van der Waals surface area contributed by atoms with Gasteiger partial charge < -0.3 is 25.0 Å². The number of hydrogen-bond donors (Lipinski definition) is 2. The summed E-state index contributed by atoms with van der Waals surface area (Å²) in [5.41, 5.74) is 0.126. The van der Waals surface area contributed by atoms with Gasteiger partial charge in [0, 0.05) is 19.1 Å². The predicted molar refractivity (Wildman–Crippen MR) is 114 cm³/mol. The molecule has 30 heavy (non-hydrogen) atoms. The molecule has 1 atom stereocenters. The smallest absolute Gasteiger partial charge is 0.407 e. The summed E-state index contributed by atoms with van der Waals surface area (Å²) in [6, 6.07) is 1.20. The normalized spacial score (nSPS) is 18.9. The number of nitrogens with one attached hydrogen (secondary N) is 2. The Morgan fingerprint density at radius 3 is 2.57 bits per heavy atom. The van der Waals surface area contributed by atoms with E-state index >= 15 is 4.39 Å². The van der Waals surface area contributed by atoms with Crippen molar-refractivity contribution in [1.29, 1.82) is 0 Å². The van der Waals surface area contributed by atoms with Gasteiger partial charge in [-0.25, -0.2) is 14.0 Å². The maximum Gasteiger partial charge on any atom is 0.407 e. The van der Waals surface area contributed by atoms with Gasteiger partial charge in [0.15, 0.2) is 0 Å². The molecule has 2 aliphatic rings. The van der Waals surface area contributed by atoms with Gasteiger partial charge >= 0.3 is 12.1 Å². The Hall–Kier alpha value is -2.22. The highest BCUT2D eigenvalue weighted by Gasteiger charge is 2.33. The third-order valence-electron chi connectivity index (χ3n) is 4.84. The average molecular weight is 442 g/mol. The minimum Gasteiger partial charge on any atom is -0.462 e. The summed E-state index contributed by atoms with van der Waals surface area (Å²) in [6.45, 7) is 8.16. The van der Waals surface area contributed by atoms with Crippen molar-refractivity contribution in [2.45, 2.75) is 64.6 Å². The lowest BCUT2D eigenvalue weighted by molar-refractivity contribution is 0.0504. The lowest BCUT2D eigenvalue weighted by Crippen LogP contribution is -2.40. The Balaban J connectivity index is 1.80. The van der Waals surface area contributed by atoms with Gasteiger partial charge in [0.1, 0.15) is 11.4 Å². The molecule has 0 radical (unpaired) electrons. The Morgan fingerprint density at radius 2 is 1.97 bits per heavy atom. The van der Waals surface area contributed by atoms with Crippen molar-refractivity contribution >= 4 is 35.0 Å². The molecule has 9 heteroatoms. The largest absolute Gasteiger partial charge is 0.462 e. The van der Waals surface area contributed by atoms with Crippen molar-refractivity contribution in [3.8, 4) is 0 Å². The summed E-state index contributed by atoms with van der Waals surface area (Å²) in [7, 11) is 0. The number of hydrogen-bond acceptors (Lipinski definition) is 6. The molecule has 7 nitrogen and oxygen atoms in total. The van der Waals surface area contributed by atoms with E-state index in [2.05, 4.69) is 10.6 Å². The van der Waals surface area contributed by atoms with Crippen LogP contribution in [0.15, 0.2) is 6.07 Å². The van der Waals surface area contributed by atoms with E-state index in [1.165, 1.54) is 6.07 Å². The van der Waals surface area contributed by atoms with Gasteiger partial charge in [0.25, 0.3) is 0 Å². The zero-order valence-electron chi connectivity index (χ0n) is 17.8. The lowest BCUT2D eigenvalue weighted by Gasteiger charge is -2.25. The Labute approximate surface area is 181 Å². The molecule has 1 aromatic carbocycles. The molecule has 2 N–H and O–H groups in total. The molecule has 0 spiro atoms. The molecule has 1 saturated heterocycles. The van der Waals surface area contributed by atoms with E-state index in [9.17, 15) is 9.59 Å². The van der Waals surface area contributed by atoms with Crippen LogP contribution in [0.1, 0.15) is 57.3 Å². The van der Waals surface area contributed by atoms with E-state index in [0.29, 0.717) is 25.2 Å². The molecular weight excluding hydrogens is 413 g/mol. The fraction of sp³-hybridized carbons (Fsp3) is 0.619. The highest BCUT2D eigenvalue weighted by molar-refractivity contribution is 6.37. The number of alkyl carbamates (subject to hydrolysis) is 1. The molecular formula is C21H29ClFN3O4. The Bertz CT molecular complexity index is 823. The number of anilines is 2. The van der Waals surface area contributed by atoms with Gasteiger partial charge in [-0.2, -0.15) is 0 Å². The van der Waals surface area contributed by atoms with Crippen LogP contribution < -0.4 is 15.5 Å². The van der Waals surface area contributed by atoms with Crippen LogP contribution in [0.4, 0.5) is 20.6 Å². The summed E-state index contributed by atoms with van der Waals surface area (Å²) < 4.78 is 25.4. The van der Waals surface area contributed by atoms with Gasteiger partial charge in [0.2, 0.25) is 0 Å². The first-order valence-corrected chi connectivity index (χ1v) is 10.7. The van der Waals surface area contributed by atoms with Gasteiger partial charge in [-0.1, -0.05) is 11.6 Å². The van der Waals surface area contributed by atoms with Crippen LogP contribution in [0.25, 0.3) is 0 Å². The average Bonchev–Trinajstić information content (AvgIpc) is 3.34. The Morgan fingerprint density at radius 1 is 1.27 bits per heavy atom. The quantitative estimate of drug-likeness (QED) is 0.639. The van der Waals surface area contributed by atoms with Crippen LogP contribution in [-0.4, -0.2) is 49.4 Å². The second kappa shape index (κ2) is 8.88. The monoisotopic (exact) mass is 441 g/mol. The van der Waals surface area contributed by atoms with Crippen molar-refractivity contribution in [1.82, 2.24) is 5.32 Å². The van der Waals surface area contributed by atoms with Crippen LogP contribution in [0.2, 0.25) is 5.02 Å². The number of benzene rings is 1. The first kappa shape index (κ1) is 22.5. The van der Waals surface area contributed by atoms with Crippen molar-refractivity contribution < 1.29 is 23.5 Å². The van der Waals surface area contributed by atoms with Gasteiger partial charge in [-0.05, 0) is 53.0 Å². The highest BCUT2D eigenvalue weighted by atomic mass is 35.5. The fourth-order valence-corrected chi connectivity index (χ4v) is 3.76. The van der Waals surface area contributed by atoms with Gasteiger partial charge in [-0.3, -0.25) is 0 Å². The molecule has 1 saturated carbocycles. The topological polar surface area (TPSA) is 79.9 Å². The predicted octanol–water partition coefficient (Wildman–Crippen LogP) is 4.33. The van der Waals surface area contributed by atoms with Gasteiger partial charge in [0.05, 0.1) is 34.6 Å². The van der Waals surface area contributed by atoms with E-state index in [0.717, 1.165) is 12.8 Å². The van der Waals surface area contributed by atoms with Crippen molar-refractivity contribution in [3.05, 3.63) is 22.5 Å². The maximum absolute atomic E-state index is 15.0. The molecule has 0 aromatic heterocycles. The van der Waals surface area contributed by atoms with E-state index in [4.69, 9.17) is 21.1 Å². The first-order valence-electron chi connectivity index (χ1n) is 10.3. The molecule has 1 aliphatic heterocycles. The number of carbonyl (C=O) groups is 2. The molecule has 1 aliphatic carbocycles. The number of ether oxygens (including phenoxy) is 2. The Kier molecular flexibility index (Phi) is 6.65. The van der Waals surface area contributed by atoms with Crippen molar-refractivity contribution in [2.24, 2.45) is 0 Å². The summed E-state index contributed by atoms with van der Waals surface area (Å²) >= 11 is 6.59. The maximum atomic E-state index is 15.0. The SMILES string of the molecule is CCOC(=O)c1cc(F)c(N2CC[C@H](NC(=O)OC(C)(C)C)C2)c(Cl)c1NC1CC1. The number of amides is 1. The second-order valence-electron chi connectivity index (χ2n) is 8.66. The van der Waals surface area contributed by atoms with Crippen molar-refractivity contribution in [3.63, 3.8) is 0 Å². The number of nitrogens with zero attached hydrogens (tertiary/aromatic N) is 1. The fourth-order valence-electron chi connectivity index (χ4n) is 3.40. The summed E-state index contributed by atoms with van der Waals surface area (Å²) in [6.07, 6.45) is 2.06. The summed E-state index contributed by atoms with van der Waals surface area (Å²) in [4.78, 5) is 26.2. The molecule has 3 rings (SSSR count). The van der Waals surface area contributed by atoms with E-state index in [-0.39, 0.29) is 35.0 Å². The van der Waals surface area contributed by atoms with Crippen LogP contribution in [0.3, 0.4) is 0 Å². The third kappa shape index (κ3) is 5.47. The number of rotatable bonds is 6. The lowest BCUT2D eigenvalue weighted by atomic mass is 10.1. The van der Waals surface area contributed by atoms with E-state index < -0.39 is 23.5 Å². The van der Waals surface area contributed by atoms with Gasteiger partial charge in [-0.15, -0.1) is 0 Å². The standard InChI is InChI=1S/C21H29ClFN3O4/c1-5-29-19(27)14-10-15(23)18(16(22)17(14)24-12-6-7-12)26-9-8-13(11-26)25-20(28)30-21(2,3)4/h10,12-13,24H,5-9,11H2,1-4H3,(H,25,28)/t13-/m0/s1. The zero-order chi connectivity index (χ0) is 22.1. The summed E-state index contributed by atoms with van der Waals surface area (Å²) in [5, 5.41) is 6.21. The molecule has 1 amide bonds. The summed E-state index contributed by atoms with van der Waals surface area (Å²) in [5.74, 6) is -1.21. The third-order valence-corrected chi connectivity index (χ3v) is 5.21. The van der Waals surface area contributed by atoms with Crippen LogP contribution in [-0.2, 0) is 9.47 Å². The van der Waals surface area contributed by atoms with E-state index in [1.807, 2.05) is 0 Å². The molecule has 0 unspecified atom stereocenters. The highest BCUT2D eigenvalue weighted by Crippen LogP contribution is 2.41. The number of carbonyl (C=O) groups excluding carboxylic acids is 2. The molecule has 166 valence electrons. The van der Waals surface area contributed by atoms with Crippen LogP contribution in [0.5, 0.6) is 0 Å². The molecule has 1 aromatic rings. The number of halogens is 2. The second-order valence-corrected chi connectivity index (χ2v) is 9.04. The number of esters is 1. The first-order chi connectivity index (χ1) is 14.1. The minimum atomic E-state index is -0.612. The molecule has 1 heterocycles. The zero-order valence-corrected chi connectivity index (χ0v) is 18.6. The van der Waals surface area contributed by atoms with Crippen molar-refractivity contribution in [2.75, 3.05) is 29.9 Å².